The zero-order valence-corrected chi connectivity index (χ0v) is 6.35. The molecule has 1 nitrogen and oxygen atoms in total. The number of aliphatic hydroxyl groups excluding tert-OH is 1. The second kappa shape index (κ2) is 1.78. The number of aliphatic hydroxyl groups is 1. The summed E-state index contributed by atoms with van der Waals surface area (Å²) >= 11 is 0. The van der Waals surface area contributed by atoms with Gasteiger partial charge in [-0.3, -0.25) is 0 Å². The molecule has 0 aromatic rings. The van der Waals surface area contributed by atoms with E-state index in [4.69, 9.17) is 0 Å². The molecule has 0 saturated heterocycles. The van der Waals surface area contributed by atoms with E-state index in [1.54, 1.807) is 0 Å². The van der Waals surface area contributed by atoms with Crippen LogP contribution in [0.1, 0.15) is 6.42 Å². The SMILES string of the molecule is OC1CC2C=CC3C(C=C2)C13. The van der Waals surface area contributed by atoms with Crippen LogP contribution >= 0.6 is 0 Å². The number of allylic oxidation sites excluding steroid dienone is 4. The monoisotopic (exact) mass is 148 g/mol. The van der Waals surface area contributed by atoms with E-state index in [1.165, 1.54) is 0 Å². The molecule has 0 amide bonds. The zero-order chi connectivity index (χ0) is 7.42. The lowest BCUT2D eigenvalue weighted by molar-refractivity contribution is 0.132. The van der Waals surface area contributed by atoms with Crippen molar-refractivity contribution in [1.82, 2.24) is 0 Å². The Bertz CT molecular complexity index is 221. The number of rotatable bonds is 0. The summed E-state index contributed by atoms with van der Waals surface area (Å²) in [4.78, 5) is 0. The van der Waals surface area contributed by atoms with Crippen molar-refractivity contribution in [2.75, 3.05) is 0 Å². The van der Waals surface area contributed by atoms with Crippen molar-refractivity contribution in [2.24, 2.45) is 23.7 Å². The third-order valence-corrected chi connectivity index (χ3v) is 3.31. The molecular formula is C10H12O. The second-order valence-electron chi connectivity index (χ2n) is 3.97. The van der Waals surface area contributed by atoms with Crippen molar-refractivity contribution >= 4 is 0 Å². The molecule has 0 aliphatic heterocycles. The predicted molar refractivity (Wildman–Crippen MR) is 42.9 cm³/mol. The van der Waals surface area contributed by atoms with E-state index in [0.29, 0.717) is 23.7 Å². The van der Waals surface area contributed by atoms with E-state index in [9.17, 15) is 5.11 Å². The van der Waals surface area contributed by atoms with Gasteiger partial charge in [0.05, 0.1) is 6.10 Å². The molecule has 0 aromatic carbocycles. The summed E-state index contributed by atoms with van der Waals surface area (Å²) in [5, 5.41) is 9.70. The summed E-state index contributed by atoms with van der Waals surface area (Å²) < 4.78 is 0. The van der Waals surface area contributed by atoms with Gasteiger partial charge in [0, 0.05) is 0 Å². The highest BCUT2D eigenvalue weighted by molar-refractivity contribution is 5.26. The van der Waals surface area contributed by atoms with Gasteiger partial charge in [-0.15, -0.1) is 0 Å². The summed E-state index contributed by atoms with van der Waals surface area (Å²) in [7, 11) is 0. The predicted octanol–water partition coefficient (Wildman–Crippen LogP) is 1.36. The molecule has 1 fully saturated rings. The Labute approximate surface area is 66.4 Å². The van der Waals surface area contributed by atoms with Gasteiger partial charge >= 0.3 is 0 Å². The third kappa shape index (κ3) is 0.694. The van der Waals surface area contributed by atoms with Crippen molar-refractivity contribution in [3.05, 3.63) is 24.3 Å². The van der Waals surface area contributed by atoms with E-state index in [2.05, 4.69) is 24.3 Å². The van der Waals surface area contributed by atoms with Gasteiger partial charge in [-0.1, -0.05) is 24.3 Å². The lowest BCUT2D eigenvalue weighted by Crippen LogP contribution is -2.12. The lowest BCUT2D eigenvalue weighted by atomic mass is 10.0. The standard InChI is InChI=1S/C10H12O/c11-9-5-6-1-3-7-8(4-2-6)10(7)9/h1-4,6-11H,5H2. The fourth-order valence-electron chi connectivity index (χ4n) is 2.61. The lowest BCUT2D eigenvalue weighted by Gasteiger charge is -2.09. The van der Waals surface area contributed by atoms with Gasteiger partial charge in [-0.25, -0.2) is 0 Å². The summed E-state index contributed by atoms with van der Waals surface area (Å²) in [5.74, 6) is 2.43. The molecule has 0 radical (unpaired) electrons. The van der Waals surface area contributed by atoms with Crippen LogP contribution in [-0.2, 0) is 0 Å². The van der Waals surface area contributed by atoms with Crippen LogP contribution in [0.3, 0.4) is 0 Å². The summed E-state index contributed by atoms with van der Waals surface area (Å²) in [5.41, 5.74) is 0. The fraction of sp³-hybridized carbons (Fsp3) is 0.600. The van der Waals surface area contributed by atoms with E-state index in [0.717, 1.165) is 6.42 Å². The van der Waals surface area contributed by atoms with Crippen LogP contribution in [0.2, 0.25) is 0 Å². The Morgan fingerprint density at radius 2 is 1.64 bits per heavy atom. The van der Waals surface area contributed by atoms with Gasteiger partial charge in [0.15, 0.2) is 0 Å². The van der Waals surface area contributed by atoms with E-state index in [1.807, 2.05) is 0 Å². The zero-order valence-electron chi connectivity index (χ0n) is 6.35. The summed E-state index contributed by atoms with van der Waals surface area (Å²) in [6, 6.07) is 0. The van der Waals surface area contributed by atoms with Crippen molar-refractivity contribution in [3.63, 3.8) is 0 Å². The summed E-state index contributed by atoms with van der Waals surface area (Å²) in [6.07, 6.45) is 10.0. The Kier molecular flexibility index (Phi) is 0.972. The minimum absolute atomic E-state index is 0.0417. The van der Waals surface area contributed by atoms with Crippen molar-refractivity contribution in [3.8, 4) is 0 Å². The highest BCUT2D eigenvalue weighted by Crippen LogP contribution is 2.55. The van der Waals surface area contributed by atoms with Gasteiger partial charge in [-0.2, -0.15) is 0 Å². The van der Waals surface area contributed by atoms with Crippen LogP contribution in [0, 0.1) is 23.7 Å². The van der Waals surface area contributed by atoms with E-state index in [-0.39, 0.29) is 6.10 Å². The van der Waals surface area contributed by atoms with Gasteiger partial charge in [-0.05, 0) is 30.1 Å². The normalized spacial score (nSPS) is 57.4. The first-order valence-electron chi connectivity index (χ1n) is 4.41. The van der Waals surface area contributed by atoms with Crippen LogP contribution in [0.25, 0.3) is 0 Å². The van der Waals surface area contributed by atoms with Gasteiger partial charge in [0.25, 0.3) is 0 Å². The van der Waals surface area contributed by atoms with E-state index < -0.39 is 0 Å². The van der Waals surface area contributed by atoms with Crippen LogP contribution in [0.15, 0.2) is 24.3 Å². The van der Waals surface area contributed by atoms with Crippen LogP contribution in [0.4, 0.5) is 0 Å². The molecule has 4 aliphatic rings. The number of hydrogen-bond acceptors (Lipinski definition) is 1. The average molecular weight is 148 g/mol. The number of hydrogen-bond donors (Lipinski definition) is 1. The largest absolute Gasteiger partial charge is 0.393 e. The molecule has 0 heterocycles. The molecule has 3 atom stereocenters. The topological polar surface area (TPSA) is 20.2 Å². The maximum Gasteiger partial charge on any atom is 0.0588 e. The molecule has 58 valence electrons. The highest BCUT2D eigenvalue weighted by Gasteiger charge is 2.53. The molecule has 4 rings (SSSR count). The maximum absolute atomic E-state index is 9.70. The Morgan fingerprint density at radius 3 is 2.27 bits per heavy atom. The maximum atomic E-state index is 9.70. The second-order valence-corrected chi connectivity index (χ2v) is 3.97. The van der Waals surface area contributed by atoms with Gasteiger partial charge < -0.3 is 5.11 Å². The Morgan fingerprint density at radius 1 is 1.00 bits per heavy atom. The van der Waals surface area contributed by atoms with Crippen molar-refractivity contribution in [2.45, 2.75) is 12.5 Å². The molecule has 3 unspecified atom stereocenters. The average Bonchev–Trinajstić information content (AvgIpc) is 2.64. The Balaban J connectivity index is 2.05. The van der Waals surface area contributed by atoms with Crippen molar-refractivity contribution < 1.29 is 5.11 Å². The molecule has 1 N–H and O–H groups in total. The smallest absolute Gasteiger partial charge is 0.0588 e. The molecule has 0 aromatic heterocycles. The Hall–Kier alpha value is -0.560. The van der Waals surface area contributed by atoms with E-state index >= 15 is 0 Å². The molecule has 4 aliphatic carbocycles. The molecule has 11 heavy (non-hydrogen) atoms. The number of fused-ring (bicyclic) bond motifs is 1. The van der Waals surface area contributed by atoms with Gasteiger partial charge in [0.2, 0.25) is 0 Å². The molecular weight excluding hydrogens is 136 g/mol. The molecule has 1 saturated carbocycles. The van der Waals surface area contributed by atoms with Crippen LogP contribution in [0.5, 0.6) is 0 Å². The van der Waals surface area contributed by atoms with Crippen LogP contribution in [-0.4, -0.2) is 11.2 Å². The van der Waals surface area contributed by atoms with Crippen LogP contribution < -0.4 is 0 Å². The molecule has 0 spiro atoms. The molecule has 4 bridgehead atoms. The minimum Gasteiger partial charge on any atom is -0.393 e. The third-order valence-electron chi connectivity index (χ3n) is 3.31. The first-order valence-corrected chi connectivity index (χ1v) is 4.41. The first-order chi connectivity index (χ1) is 5.36. The summed E-state index contributed by atoms with van der Waals surface area (Å²) in [6.45, 7) is 0. The fourth-order valence-corrected chi connectivity index (χ4v) is 2.61. The van der Waals surface area contributed by atoms with Gasteiger partial charge in [0.1, 0.15) is 0 Å². The minimum atomic E-state index is -0.0417. The molecule has 1 heteroatoms. The highest BCUT2D eigenvalue weighted by atomic mass is 16.3. The quantitative estimate of drug-likeness (QED) is 0.514. The van der Waals surface area contributed by atoms with Crippen molar-refractivity contribution in [1.29, 1.82) is 0 Å². The first kappa shape index (κ1) is 6.01.